The number of nitrogens with one attached hydrogen (secondary N) is 2. The van der Waals surface area contributed by atoms with E-state index in [2.05, 4.69) is 15.3 Å². The Kier molecular flexibility index (Phi) is 6.74. The Hall–Kier alpha value is -1.34. The molecule has 7 heteroatoms. The topological polar surface area (TPSA) is 95.1 Å². The molecule has 3 N–H and O–H groups in total. The summed E-state index contributed by atoms with van der Waals surface area (Å²) in [6, 6.07) is 0.893. The highest BCUT2D eigenvalue weighted by atomic mass is 32.2. The molecule has 0 aromatic carbocycles. The number of carboxylic acids is 1. The SMILES string of the molecule is CCCc1cc(=O)[nH]c(SCC(NC(C)C)C(=O)O)n1. The molecule has 0 amide bonds. The molecule has 112 valence electrons. The van der Waals surface area contributed by atoms with Gasteiger partial charge in [0, 0.05) is 23.6 Å². The van der Waals surface area contributed by atoms with Crippen LogP contribution in [0.1, 0.15) is 32.9 Å². The summed E-state index contributed by atoms with van der Waals surface area (Å²) in [4.78, 5) is 29.6. The first-order valence-electron chi connectivity index (χ1n) is 6.64. The lowest BCUT2D eigenvalue weighted by atomic mass is 10.2. The third kappa shape index (κ3) is 5.75. The molecule has 6 nitrogen and oxygen atoms in total. The van der Waals surface area contributed by atoms with Crippen LogP contribution in [-0.4, -0.2) is 38.9 Å². The van der Waals surface area contributed by atoms with Crippen molar-refractivity contribution in [3.63, 3.8) is 0 Å². The van der Waals surface area contributed by atoms with Crippen molar-refractivity contribution in [3.8, 4) is 0 Å². The number of carboxylic acid groups (broad SMARTS) is 1. The number of rotatable bonds is 8. The van der Waals surface area contributed by atoms with Crippen molar-refractivity contribution in [2.75, 3.05) is 5.75 Å². The molecule has 1 heterocycles. The molecule has 1 rings (SSSR count). The van der Waals surface area contributed by atoms with Crippen LogP contribution in [0.5, 0.6) is 0 Å². The predicted molar refractivity (Wildman–Crippen MR) is 79.3 cm³/mol. The van der Waals surface area contributed by atoms with Gasteiger partial charge in [-0.3, -0.25) is 9.59 Å². The van der Waals surface area contributed by atoms with Crippen LogP contribution < -0.4 is 10.9 Å². The molecule has 0 radical (unpaired) electrons. The molecule has 0 aliphatic rings. The van der Waals surface area contributed by atoms with E-state index >= 15 is 0 Å². The molecule has 20 heavy (non-hydrogen) atoms. The Labute approximate surface area is 122 Å². The number of H-pyrrole nitrogens is 1. The van der Waals surface area contributed by atoms with E-state index in [9.17, 15) is 9.59 Å². The first kappa shape index (κ1) is 16.7. The molecule has 1 atom stereocenters. The van der Waals surface area contributed by atoms with Crippen molar-refractivity contribution in [2.24, 2.45) is 0 Å². The second kappa shape index (κ2) is 8.06. The van der Waals surface area contributed by atoms with Crippen molar-refractivity contribution in [1.82, 2.24) is 15.3 Å². The van der Waals surface area contributed by atoms with Crippen LogP contribution in [0, 0.1) is 0 Å². The van der Waals surface area contributed by atoms with Crippen molar-refractivity contribution >= 4 is 17.7 Å². The summed E-state index contributed by atoms with van der Waals surface area (Å²) < 4.78 is 0. The zero-order chi connectivity index (χ0) is 15.1. The second-order valence-corrected chi connectivity index (χ2v) is 5.82. The second-order valence-electron chi connectivity index (χ2n) is 4.82. The molecule has 1 aromatic rings. The molecule has 0 bridgehead atoms. The maximum atomic E-state index is 11.5. The van der Waals surface area contributed by atoms with E-state index < -0.39 is 12.0 Å². The Morgan fingerprint density at radius 2 is 2.25 bits per heavy atom. The van der Waals surface area contributed by atoms with E-state index in [0.717, 1.165) is 18.5 Å². The summed E-state index contributed by atoms with van der Waals surface area (Å²) in [6.45, 7) is 5.80. The number of aliphatic carboxylic acids is 1. The lowest BCUT2D eigenvalue weighted by Gasteiger charge is -2.16. The number of nitrogens with zero attached hydrogens (tertiary/aromatic N) is 1. The summed E-state index contributed by atoms with van der Waals surface area (Å²) in [6.07, 6.45) is 1.65. The monoisotopic (exact) mass is 299 g/mol. The quantitative estimate of drug-likeness (QED) is 0.494. The normalized spacial score (nSPS) is 12.6. The Morgan fingerprint density at radius 1 is 1.55 bits per heavy atom. The molecule has 1 unspecified atom stereocenters. The van der Waals surface area contributed by atoms with Gasteiger partial charge >= 0.3 is 5.97 Å². The lowest BCUT2D eigenvalue weighted by Crippen LogP contribution is -2.42. The van der Waals surface area contributed by atoms with Gasteiger partial charge in [-0.15, -0.1) is 0 Å². The first-order valence-corrected chi connectivity index (χ1v) is 7.62. The minimum absolute atomic E-state index is 0.0788. The number of aromatic nitrogens is 2. The standard InChI is InChI=1S/C13H21N3O3S/c1-4-5-9-6-11(17)16-13(15-9)20-7-10(12(18)19)14-8(2)3/h6,8,10,14H,4-5,7H2,1-3H3,(H,18,19)(H,15,16,17). The van der Waals surface area contributed by atoms with E-state index in [4.69, 9.17) is 5.11 Å². The van der Waals surface area contributed by atoms with Crippen molar-refractivity contribution in [2.45, 2.75) is 50.9 Å². The highest BCUT2D eigenvalue weighted by molar-refractivity contribution is 7.99. The Morgan fingerprint density at radius 3 is 2.80 bits per heavy atom. The van der Waals surface area contributed by atoms with Crippen LogP contribution in [0.2, 0.25) is 0 Å². The highest BCUT2D eigenvalue weighted by Crippen LogP contribution is 2.13. The van der Waals surface area contributed by atoms with Gasteiger partial charge in [0.25, 0.3) is 5.56 Å². The van der Waals surface area contributed by atoms with Crippen LogP contribution in [0.4, 0.5) is 0 Å². The number of thioether (sulfide) groups is 1. The molecular weight excluding hydrogens is 278 g/mol. The van der Waals surface area contributed by atoms with Gasteiger partial charge in [0.1, 0.15) is 6.04 Å². The van der Waals surface area contributed by atoms with Crippen LogP contribution in [-0.2, 0) is 11.2 Å². The number of aryl methyl sites for hydroxylation is 1. The minimum Gasteiger partial charge on any atom is -0.480 e. The van der Waals surface area contributed by atoms with E-state index in [1.54, 1.807) is 0 Å². The van der Waals surface area contributed by atoms with E-state index in [0.29, 0.717) is 10.9 Å². The summed E-state index contributed by atoms with van der Waals surface area (Å²) in [5.41, 5.74) is 0.539. The average molecular weight is 299 g/mol. The maximum Gasteiger partial charge on any atom is 0.321 e. The molecule has 0 aliphatic heterocycles. The van der Waals surface area contributed by atoms with Crippen molar-refractivity contribution in [3.05, 3.63) is 22.1 Å². The molecule has 0 fully saturated rings. The number of hydrogen-bond acceptors (Lipinski definition) is 5. The van der Waals surface area contributed by atoms with Crippen molar-refractivity contribution < 1.29 is 9.90 Å². The average Bonchev–Trinajstić information content (AvgIpc) is 2.33. The van der Waals surface area contributed by atoms with E-state index in [1.165, 1.54) is 17.8 Å². The zero-order valence-electron chi connectivity index (χ0n) is 12.0. The largest absolute Gasteiger partial charge is 0.480 e. The minimum atomic E-state index is -0.904. The van der Waals surface area contributed by atoms with Crippen LogP contribution >= 0.6 is 11.8 Å². The molecular formula is C13H21N3O3S. The summed E-state index contributed by atoms with van der Waals surface area (Å²) in [5, 5.41) is 12.6. The van der Waals surface area contributed by atoms with Gasteiger partial charge in [-0.25, -0.2) is 4.98 Å². The Balaban J connectivity index is 2.72. The number of aromatic amines is 1. The van der Waals surface area contributed by atoms with E-state index in [1.807, 2.05) is 20.8 Å². The van der Waals surface area contributed by atoms with Crippen molar-refractivity contribution in [1.29, 1.82) is 0 Å². The lowest BCUT2D eigenvalue weighted by molar-refractivity contribution is -0.139. The zero-order valence-corrected chi connectivity index (χ0v) is 12.8. The summed E-state index contributed by atoms with van der Waals surface area (Å²) in [5.74, 6) is -0.593. The molecule has 0 spiro atoms. The fourth-order valence-electron chi connectivity index (χ4n) is 1.69. The number of hydrogen-bond donors (Lipinski definition) is 3. The smallest absolute Gasteiger partial charge is 0.321 e. The molecule has 0 aliphatic carbocycles. The third-order valence-electron chi connectivity index (χ3n) is 2.50. The van der Waals surface area contributed by atoms with Crippen LogP contribution in [0.25, 0.3) is 0 Å². The molecule has 1 aromatic heterocycles. The fourth-order valence-corrected chi connectivity index (χ4v) is 2.61. The van der Waals surface area contributed by atoms with Gasteiger partial charge in [-0.2, -0.15) is 0 Å². The first-order chi connectivity index (χ1) is 9.42. The van der Waals surface area contributed by atoms with Gasteiger partial charge < -0.3 is 15.4 Å². The maximum absolute atomic E-state index is 11.5. The van der Waals surface area contributed by atoms with Gasteiger partial charge in [0.2, 0.25) is 0 Å². The summed E-state index contributed by atoms with van der Waals surface area (Å²) in [7, 11) is 0. The molecule has 0 saturated heterocycles. The van der Waals surface area contributed by atoms with Crippen LogP contribution in [0.15, 0.2) is 16.0 Å². The Bertz CT molecular complexity index is 502. The highest BCUT2D eigenvalue weighted by Gasteiger charge is 2.18. The van der Waals surface area contributed by atoms with Gasteiger partial charge in [0.05, 0.1) is 0 Å². The third-order valence-corrected chi connectivity index (χ3v) is 3.47. The van der Waals surface area contributed by atoms with E-state index in [-0.39, 0.29) is 11.6 Å². The predicted octanol–water partition coefficient (Wildman–Crippen LogP) is 1.27. The van der Waals surface area contributed by atoms with Gasteiger partial charge in [0.15, 0.2) is 5.16 Å². The number of carbonyl (C=O) groups is 1. The van der Waals surface area contributed by atoms with Crippen LogP contribution in [0.3, 0.4) is 0 Å². The molecule has 0 saturated carbocycles. The van der Waals surface area contributed by atoms with Gasteiger partial charge in [-0.1, -0.05) is 39.0 Å². The summed E-state index contributed by atoms with van der Waals surface area (Å²) >= 11 is 1.24. The fraction of sp³-hybridized carbons (Fsp3) is 0.615. The van der Waals surface area contributed by atoms with Gasteiger partial charge in [-0.05, 0) is 6.42 Å².